The van der Waals surface area contributed by atoms with Gasteiger partial charge in [0.25, 0.3) is 0 Å². The molecule has 3 rings (SSSR count). The SMILES string of the molecule is CCN1CCO[C@@H](CNc2nccc(C)c2C#N)[C@@H]1c1cnn(C)c1. The molecule has 0 spiro atoms. The number of anilines is 1. The van der Waals surface area contributed by atoms with E-state index in [-0.39, 0.29) is 12.1 Å². The van der Waals surface area contributed by atoms with Gasteiger partial charge in [-0.2, -0.15) is 10.4 Å². The molecule has 0 unspecified atom stereocenters. The largest absolute Gasteiger partial charge is 0.373 e. The van der Waals surface area contributed by atoms with Crippen LogP contribution in [0.25, 0.3) is 0 Å². The summed E-state index contributed by atoms with van der Waals surface area (Å²) < 4.78 is 7.88. The molecule has 0 saturated carbocycles. The third-order valence-electron chi connectivity index (χ3n) is 4.67. The van der Waals surface area contributed by atoms with Gasteiger partial charge in [0.1, 0.15) is 11.9 Å². The summed E-state index contributed by atoms with van der Waals surface area (Å²) in [6, 6.07) is 4.21. The number of pyridine rings is 1. The van der Waals surface area contributed by atoms with Gasteiger partial charge < -0.3 is 10.1 Å². The van der Waals surface area contributed by atoms with Gasteiger partial charge in [-0.15, -0.1) is 0 Å². The summed E-state index contributed by atoms with van der Waals surface area (Å²) in [7, 11) is 1.92. The summed E-state index contributed by atoms with van der Waals surface area (Å²) in [6.45, 7) is 7.21. The van der Waals surface area contributed by atoms with Crippen molar-refractivity contribution >= 4 is 5.82 Å². The lowest BCUT2D eigenvalue weighted by Crippen LogP contribution is -2.47. The predicted molar refractivity (Wildman–Crippen MR) is 95.1 cm³/mol. The molecule has 25 heavy (non-hydrogen) atoms. The Hall–Kier alpha value is -2.43. The highest BCUT2D eigenvalue weighted by Gasteiger charge is 2.33. The molecule has 132 valence electrons. The highest BCUT2D eigenvalue weighted by Crippen LogP contribution is 2.29. The van der Waals surface area contributed by atoms with E-state index < -0.39 is 0 Å². The second-order valence-corrected chi connectivity index (χ2v) is 6.27. The number of nitriles is 1. The molecule has 1 saturated heterocycles. The molecular formula is C18H24N6O. The van der Waals surface area contributed by atoms with Crippen LogP contribution in [0, 0.1) is 18.3 Å². The van der Waals surface area contributed by atoms with Crippen LogP contribution in [0.2, 0.25) is 0 Å². The Labute approximate surface area is 148 Å². The van der Waals surface area contributed by atoms with Gasteiger partial charge in [-0.25, -0.2) is 4.98 Å². The van der Waals surface area contributed by atoms with Crippen LogP contribution in [0.1, 0.15) is 29.7 Å². The van der Waals surface area contributed by atoms with E-state index in [4.69, 9.17) is 4.74 Å². The zero-order valence-corrected chi connectivity index (χ0v) is 14.9. The summed E-state index contributed by atoms with van der Waals surface area (Å²) >= 11 is 0. The first-order chi connectivity index (χ1) is 12.1. The van der Waals surface area contributed by atoms with Crippen LogP contribution in [0.15, 0.2) is 24.7 Å². The summed E-state index contributed by atoms with van der Waals surface area (Å²) in [4.78, 5) is 6.72. The molecule has 7 heteroatoms. The van der Waals surface area contributed by atoms with Gasteiger partial charge >= 0.3 is 0 Å². The van der Waals surface area contributed by atoms with Gasteiger partial charge in [-0.1, -0.05) is 6.92 Å². The Morgan fingerprint density at radius 3 is 3.00 bits per heavy atom. The Kier molecular flexibility index (Phi) is 5.31. The number of morpholine rings is 1. The molecule has 7 nitrogen and oxygen atoms in total. The highest BCUT2D eigenvalue weighted by atomic mass is 16.5. The number of likely N-dealkylation sites (N-methyl/N-ethyl adjacent to an activating group) is 1. The van der Waals surface area contributed by atoms with Crippen molar-refractivity contribution in [3.63, 3.8) is 0 Å². The average molecular weight is 340 g/mol. The third kappa shape index (κ3) is 3.65. The van der Waals surface area contributed by atoms with Crippen LogP contribution in [0.5, 0.6) is 0 Å². The van der Waals surface area contributed by atoms with E-state index in [1.54, 1.807) is 6.20 Å². The van der Waals surface area contributed by atoms with Crippen molar-refractivity contribution < 1.29 is 4.74 Å². The number of aromatic nitrogens is 3. The van der Waals surface area contributed by atoms with E-state index in [0.717, 1.165) is 24.2 Å². The van der Waals surface area contributed by atoms with E-state index in [9.17, 15) is 5.26 Å². The topological polar surface area (TPSA) is 79.0 Å². The van der Waals surface area contributed by atoms with Gasteiger partial charge in [-0.05, 0) is 25.1 Å². The Morgan fingerprint density at radius 2 is 2.32 bits per heavy atom. The molecule has 2 aromatic rings. The van der Waals surface area contributed by atoms with Gasteiger partial charge in [0.05, 0.1) is 30.5 Å². The summed E-state index contributed by atoms with van der Waals surface area (Å²) in [6.07, 6.45) is 5.63. The lowest BCUT2D eigenvalue weighted by Gasteiger charge is -2.40. The van der Waals surface area contributed by atoms with Gasteiger partial charge in [-0.3, -0.25) is 9.58 Å². The van der Waals surface area contributed by atoms with Crippen LogP contribution in [0.4, 0.5) is 5.82 Å². The number of rotatable bonds is 5. The fraction of sp³-hybridized carbons (Fsp3) is 0.500. The molecule has 2 atom stereocenters. The molecule has 1 N–H and O–H groups in total. The standard InChI is InChI=1S/C18H24N6O/c1-4-24-7-8-25-16(17(24)14-10-22-23(3)12-14)11-21-18-15(9-19)13(2)5-6-20-18/h5-6,10,12,16-17H,4,7-8,11H2,1-3H3,(H,20,21)/t16-,17-/m0/s1. The monoisotopic (exact) mass is 340 g/mol. The van der Waals surface area contributed by atoms with Crippen molar-refractivity contribution in [1.82, 2.24) is 19.7 Å². The maximum Gasteiger partial charge on any atom is 0.144 e. The zero-order chi connectivity index (χ0) is 17.8. The zero-order valence-electron chi connectivity index (χ0n) is 14.9. The molecule has 0 aromatic carbocycles. The van der Waals surface area contributed by atoms with Gasteiger partial charge in [0.15, 0.2) is 0 Å². The molecule has 1 fully saturated rings. The van der Waals surface area contributed by atoms with Crippen molar-refractivity contribution in [2.24, 2.45) is 7.05 Å². The first-order valence-electron chi connectivity index (χ1n) is 8.57. The van der Waals surface area contributed by atoms with Crippen molar-refractivity contribution in [2.45, 2.75) is 26.0 Å². The van der Waals surface area contributed by atoms with Gasteiger partial charge in [0.2, 0.25) is 0 Å². The van der Waals surface area contributed by atoms with E-state index in [1.165, 1.54) is 0 Å². The Balaban J connectivity index is 1.80. The molecule has 1 aliphatic rings. The van der Waals surface area contributed by atoms with Crippen molar-refractivity contribution in [2.75, 3.05) is 31.6 Å². The number of hydrogen-bond acceptors (Lipinski definition) is 6. The van der Waals surface area contributed by atoms with Crippen LogP contribution >= 0.6 is 0 Å². The molecule has 2 aromatic heterocycles. The van der Waals surface area contributed by atoms with Crippen LogP contribution in [-0.4, -0.2) is 52.0 Å². The van der Waals surface area contributed by atoms with Gasteiger partial charge in [0, 0.05) is 38.1 Å². The van der Waals surface area contributed by atoms with Crippen molar-refractivity contribution in [3.8, 4) is 6.07 Å². The minimum atomic E-state index is -0.0354. The Bertz CT molecular complexity index is 765. The minimum absolute atomic E-state index is 0.0354. The fourth-order valence-corrected chi connectivity index (χ4v) is 3.36. The van der Waals surface area contributed by atoms with E-state index in [2.05, 4.69) is 33.3 Å². The van der Waals surface area contributed by atoms with Crippen molar-refractivity contribution in [1.29, 1.82) is 5.26 Å². The van der Waals surface area contributed by atoms with E-state index in [0.29, 0.717) is 24.5 Å². The van der Waals surface area contributed by atoms with Crippen LogP contribution in [0.3, 0.4) is 0 Å². The van der Waals surface area contributed by atoms with Crippen LogP contribution in [-0.2, 0) is 11.8 Å². The quantitative estimate of drug-likeness (QED) is 0.895. The van der Waals surface area contributed by atoms with Crippen LogP contribution < -0.4 is 5.32 Å². The van der Waals surface area contributed by atoms with Crippen molar-refractivity contribution in [3.05, 3.63) is 41.3 Å². The fourth-order valence-electron chi connectivity index (χ4n) is 3.36. The lowest BCUT2D eigenvalue weighted by molar-refractivity contribution is -0.0639. The number of nitrogens with one attached hydrogen (secondary N) is 1. The number of hydrogen-bond donors (Lipinski definition) is 1. The normalized spacial score (nSPS) is 21.0. The second-order valence-electron chi connectivity index (χ2n) is 6.27. The number of aryl methyl sites for hydroxylation is 2. The second kappa shape index (κ2) is 7.64. The third-order valence-corrected chi connectivity index (χ3v) is 4.67. The molecule has 0 aliphatic carbocycles. The summed E-state index contributed by atoms with van der Waals surface area (Å²) in [5, 5.41) is 17.0. The number of ether oxygens (including phenoxy) is 1. The molecule has 0 bridgehead atoms. The molecule has 0 radical (unpaired) electrons. The maximum absolute atomic E-state index is 9.37. The molecule has 0 amide bonds. The smallest absolute Gasteiger partial charge is 0.144 e. The predicted octanol–water partition coefficient (Wildman–Crippen LogP) is 1.87. The molecule has 1 aliphatic heterocycles. The van der Waals surface area contributed by atoms with E-state index >= 15 is 0 Å². The lowest BCUT2D eigenvalue weighted by atomic mass is 10.0. The first kappa shape index (κ1) is 17.4. The summed E-state index contributed by atoms with van der Waals surface area (Å²) in [5.41, 5.74) is 2.65. The Morgan fingerprint density at radius 1 is 1.48 bits per heavy atom. The molecule has 3 heterocycles. The average Bonchev–Trinajstić information content (AvgIpc) is 3.05. The van der Waals surface area contributed by atoms with E-state index in [1.807, 2.05) is 37.1 Å². The summed E-state index contributed by atoms with van der Waals surface area (Å²) in [5.74, 6) is 0.615. The minimum Gasteiger partial charge on any atom is -0.373 e. The first-order valence-corrected chi connectivity index (χ1v) is 8.57. The maximum atomic E-state index is 9.37. The number of nitrogens with zero attached hydrogens (tertiary/aromatic N) is 5. The molecular weight excluding hydrogens is 316 g/mol. The highest BCUT2D eigenvalue weighted by molar-refractivity contribution is 5.55.